The van der Waals surface area contributed by atoms with Gasteiger partial charge in [0, 0.05) is 19.6 Å². The maximum Gasteiger partial charge on any atom is 0.0791 e. The van der Waals surface area contributed by atoms with Gasteiger partial charge in [-0.1, -0.05) is 13.3 Å². The first-order chi connectivity index (χ1) is 7.08. The van der Waals surface area contributed by atoms with Crippen LogP contribution in [0.1, 0.15) is 32.6 Å². The Morgan fingerprint density at radius 1 is 1.40 bits per heavy atom. The Bertz CT molecular complexity index is 173. The van der Waals surface area contributed by atoms with E-state index in [1.807, 2.05) is 19.0 Å². The molecule has 1 rings (SSSR count). The van der Waals surface area contributed by atoms with Crippen molar-refractivity contribution < 1.29 is 5.11 Å². The van der Waals surface area contributed by atoms with Crippen LogP contribution in [0.25, 0.3) is 0 Å². The van der Waals surface area contributed by atoms with E-state index >= 15 is 0 Å². The van der Waals surface area contributed by atoms with Gasteiger partial charge in [0.1, 0.15) is 0 Å². The van der Waals surface area contributed by atoms with Gasteiger partial charge in [0.25, 0.3) is 0 Å². The van der Waals surface area contributed by atoms with Crippen molar-refractivity contribution in [1.29, 1.82) is 0 Å². The molecule has 0 aromatic heterocycles. The Kier molecular flexibility index (Phi) is 5.03. The van der Waals surface area contributed by atoms with Crippen LogP contribution in [0.3, 0.4) is 0 Å². The van der Waals surface area contributed by atoms with Crippen LogP contribution in [0, 0.1) is 5.41 Å². The molecular weight excluding hydrogens is 188 g/mol. The van der Waals surface area contributed by atoms with Gasteiger partial charge in [-0.2, -0.15) is 0 Å². The molecule has 0 saturated heterocycles. The number of hydrogen-bond acceptors (Lipinski definition) is 3. The second-order valence-corrected chi connectivity index (χ2v) is 5.25. The summed E-state index contributed by atoms with van der Waals surface area (Å²) in [7, 11) is 3.98. The van der Waals surface area contributed by atoms with Gasteiger partial charge in [0.05, 0.1) is 6.10 Å². The number of hydrogen-bond donors (Lipinski definition) is 2. The third-order valence-electron chi connectivity index (χ3n) is 3.62. The van der Waals surface area contributed by atoms with Gasteiger partial charge in [-0.3, -0.25) is 0 Å². The zero-order chi connectivity index (χ0) is 11.3. The van der Waals surface area contributed by atoms with Crippen LogP contribution in [0.5, 0.6) is 0 Å². The molecule has 1 unspecified atom stereocenters. The van der Waals surface area contributed by atoms with Crippen LogP contribution in [0.2, 0.25) is 0 Å². The predicted molar refractivity (Wildman–Crippen MR) is 64.0 cm³/mol. The van der Waals surface area contributed by atoms with Crippen molar-refractivity contribution in [3.8, 4) is 0 Å². The lowest BCUT2D eigenvalue weighted by atomic mass is 9.67. The predicted octanol–water partition coefficient (Wildman–Crippen LogP) is 1.08. The summed E-state index contributed by atoms with van der Waals surface area (Å²) in [5, 5.41) is 13.1. The van der Waals surface area contributed by atoms with E-state index in [4.69, 9.17) is 0 Å². The first-order valence-electron chi connectivity index (χ1n) is 6.11. The molecule has 15 heavy (non-hydrogen) atoms. The number of nitrogens with zero attached hydrogens (tertiary/aromatic N) is 1. The number of aliphatic hydroxyl groups is 1. The molecule has 0 bridgehead atoms. The molecular formula is C12H26N2O. The van der Waals surface area contributed by atoms with Crippen molar-refractivity contribution in [3.05, 3.63) is 0 Å². The van der Waals surface area contributed by atoms with Crippen molar-refractivity contribution in [3.63, 3.8) is 0 Å². The number of rotatable bonds is 7. The molecule has 3 nitrogen and oxygen atoms in total. The number of aliphatic hydroxyl groups excluding tert-OH is 1. The van der Waals surface area contributed by atoms with Crippen molar-refractivity contribution >= 4 is 0 Å². The van der Waals surface area contributed by atoms with Gasteiger partial charge in [0.2, 0.25) is 0 Å². The van der Waals surface area contributed by atoms with Crippen molar-refractivity contribution in [2.75, 3.05) is 33.7 Å². The highest BCUT2D eigenvalue weighted by atomic mass is 16.3. The van der Waals surface area contributed by atoms with E-state index in [1.165, 1.54) is 25.7 Å². The van der Waals surface area contributed by atoms with Gasteiger partial charge in [0.15, 0.2) is 0 Å². The van der Waals surface area contributed by atoms with E-state index in [-0.39, 0.29) is 6.10 Å². The molecule has 1 fully saturated rings. The minimum absolute atomic E-state index is 0.242. The molecule has 0 aromatic rings. The first-order valence-corrected chi connectivity index (χ1v) is 6.11. The average molecular weight is 214 g/mol. The summed E-state index contributed by atoms with van der Waals surface area (Å²) in [6, 6.07) is 0. The fourth-order valence-corrected chi connectivity index (χ4v) is 2.32. The minimum Gasteiger partial charge on any atom is -0.390 e. The fourth-order valence-electron chi connectivity index (χ4n) is 2.32. The highest BCUT2D eigenvalue weighted by molar-refractivity contribution is 4.88. The van der Waals surface area contributed by atoms with Crippen LogP contribution in [-0.2, 0) is 0 Å². The fraction of sp³-hybridized carbons (Fsp3) is 1.00. The highest BCUT2D eigenvalue weighted by Gasteiger charge is 2.34. The van der Waals surface area contributed by atoms with Gasteiger partial charge in [-0.25, -0.2) is 0 Å². The summed E-state index contributed by atoms with van der Waals surface area (Å²) >= 11 is 0. The lowest BCUT2D eigenvalue weighted by Crippen LogP contribution is -2.43. The molecule has 90 valence electrons. The topological polar surface area (TPSA) is 35.5 Å². The normalized spacial score (nSPS) is 21.4. The van der Waals surface area contributed by atoms with Crippen LogP contribution < -0.4 is 5.32 Å². The lowest BCUT2D eigenvalue weighted by Gasteiger charge is -2.41. The Balaban J connectivity index is 2.10. The Morgan fingerprint density at radius 3 is 2.47 bits per heavy atom. The summed E-state index contributed by atoms with van der Waals surface area (Å²) in [4.78, 5) is 2.02. The standard InChI is InChI=1S/C12H26N2O/c1-4-12(6-5-7-12)10-13-8-11(15)9-14(2)3/h11,13,15H,4-10H2,1-3H3. The quantitative estimate of drug-likeness (QED) is 0.665. The maximum atomic E-state index is 9.68. The molecule has 0 aromatic carbocycles. The molecule has 1 aliphatic carbocycles. The molecule has 1 atom stereocenters. The van der Waals surface area contributed by atoms with E-state index in [2.05, 4.69) is 12.2 Å². The van der Waals surface area contributed by atoms with Gasteiger partial charge in [-0.05, 0) is 38.8 Å². The molecule has 0 radical (unpaired) electrons. The molecule has 0 amide bonds. The van der Waals surface area contributed by atoms with E-state index in [9.17, 15) is 5.11 Å². The van der Waals surface area contributed by atoms with Crippen molar-refractivity contribution in [1.82, 2.24) is 10.2 Å². The smallest absolute Gasteiger partial charge is 0.0791 e. The van der Waals surface area contributed by atoms with E-state index in [1.54, 1.807) is 0 Å². The number of likely N-dealkylation sites (N-methyl/N-ethyl adjacent to an activating group) is 1. The van der Waals surface area contributed by atoms with Gasteiger partial charge < -0.3 is 15.3 Å². The average Bonchev–Trinajstić information content (AvgIpc) is 2.08. The number of nitrogens with one attached hydrogen (secondary N) is 1. The second-order valence-electron chi connectivity index (χ2n) is 5.25. The molecule has 0 heterocycles. The molecule has 0 spiro atoms. The summed E-state index contributed by atoms with van der Waals surface area (Å²) in [6.07, 6.45) is 5.13. The SMILES string of the molecule is CCC1(CNCC(O)CN(C)C)CCC1. The van der Waals surface area contributed by atoms with E-state index < -0.39 is 0 Å². The summed E-state index contributed by atoms with van der Waals surface area (Å²) < 4.78 is 0. The molecule has 1 saturated carbocycles. The summed E-state index contributed by atoms with van der Waals surface area (Å²) in [6.45, 7) is 4.82. The van der Waals surface area contributed by atoms with E-state index in [0.29, 0.717) is 5.41 Å². The molecule has 1 aliphatic rings. The Hall–Kier alpha value is -0.120. The van der Waals surface area contributed by atoms with Gasteiger partial charge >= 0.3 is 0 Å². The Labute approximate surface area is 93.9 Å². The third-order valence-corrected chi connectivity index (χ3v) is 3.62. The van der Waals surface area contributed by atoms with Gasteiger partial charge in [-0.15, -0.1) is 0 Å². The van der Waals surface area contributed by atoms with Crippen molar-refractivity contribution in [2.45, 2.75) is 38.7 Å². The molecule has 2 N–H and O–H groups in total. The monoisotopic (exact) mass is 214 g/mol. The van der Waals surface area contributed by atoms with E-state index in [0.717, 1.165) is 19.6 Å². The molecule has 0 aliphatic heterocycles. The van der Waals surface area contributed by atoms with Crippen LogP contribution in [0.15, 0.2) is 0 Å². The third kappa shape index (κ3) is 4.09. The lowest BCUT2D eigenvalue weighted by molar-refractivity contribution is 0.101. The zero-order valence-corrected chi connectivity index (χ0v) is 10.4. The van der Waals surface area contributed by atoms with Crippen LogP contribution in [-0.4, -0.2) is 49.8 Å². The maximum absolute atomic E-state index is 9.68. The summed E-state index contributed by atoms with van der Waals surface area (Å²) in [5.41, 5.74) is 0.553. The first kappa shape index (κ1) is 12.9. The summed E-state index contributed by atoms with van der Waals surface area (Å²) in [5.74, 6) is 0. The molecule has 3 heteroatoms. The minimum atomic E-state index is -0.242. The van der Waals surface area contributed by atoms with Crippen LogP contribution >= 0.6 is 0 Å². The zero-order valence-electron chi connectivity index (χ0n) is 10.4. The second kappa shape index (κ2) is 5.83. The Morgan fingerprint density at radius 2 is 2.07 bits per heavy atom. The highest BCUT2D eigenvalue weighted by Crippen LogP contribution is 2.42. The van der Waals surface area contributed by atoms with Crippen molar-refractivity contribution in [2.24, 2.45) is 5.41 Å². The van der Waals surface area contributed by atoms with Crippen LogP contribution in [0.4, 0.5) is 0 Å². The largest absolute Gasteiger partial charge is 0.390 e.